The summed E-state index contributed by atoms with van der Waals surface area (Å²) in [7, 11) is -4.96. The van der Waals surface area contributed by atoms with E-state index in [4.69, 9.17) is 9.11 Å². The molecule has 0 heterocycles. The van der Waals surface area contributed by atoms with Crippen LogP contribution in [0, 0.1) is 0 Å². The molecule has 0 aliphatic heterocycles. The quantitative estimate of drug-likeness (QED) is 0.697. The first-order valence-corrected chi connectivity index (χ1v) is 5.11. The summed E-state index contributed by atoms with van der Waals surface area (Å²) in [5, 5.41) is 0. The van der Waals surface area contributed by atoms with Crippen molar-refractivity contribution in [1.82, 2.24) is 0 Å². The lowest BCUT2D eigenvalue weighted by Gasteiger charge is -2.25. The second-order valence-electron chi connectivity index (χ2n) is 2.50. The normalized spacial score (nSPS) is 17.5. The molecule has 0 unspecified atom stereocenters. The van der Waals surface area contributed by atoms with Gasteiger partial charge in [0.15, 0.2) is 0 Å². The SMILES string of the molecule is CS(=O)(O)(O)CCC(F)(F)F. The first-order chi connectivity index (χ1) is 4.46. The highest BCUT2D eigenvalue weighted by Crippen LogP contribution is 2.24. The zero-order valence-electron chi connectivity index (χ0n) is 5.76. The summed E-state index contributed by atoms with van der Waals surface area (Å²) in [5.41, 5.74) is 0. The van der Waals surface area contributed by atoms with Crippen LogP contribution < -0.4 is 0 Å². The van der Waals surface area contributed by atoms with Crippen LogP contribution in [0.25, 0.3) is 0 Å². The fraction of sp³-hybridized carbons (Fsp3) is 1.00. The summed E-state index contributed by atoms with van der Waals surface area (Å²) >= 11 is 0. The minimum atomic E-state index is -4.96. The van der Waals surface area contributed by atoms with Crippen LogP contribution in [0.4, 0.5) is 13.2 Å². The van der Waals surface area contributed by atoms with Gasteiger partial charge in [0.2, 0.25) is 0 Å². The first-order valence-electron chi connectivity index (χ1n) is 2.65. The Morgan fingerprint density at radius 3 is 1.82 bits per heavy atom. The van der Waals surface area contributed by atoms with Gasteiger partial charge in [0.05, 0.1) is 21.8 Å². The summed E-state index contributed by atoms with van der Waals surface area (Å²) in [6.07, 6.45) is -5.48. The van der Waals surface area contributed by atoms with Crippen LogP contribution in [0.2, 0.25) is 0 Å². The standard InChI is InChI=1S/C4H9F3O3S/c1-11(8,9,10)3-2-4(5,6)7/h2-3H2,1H3,(H2,8,9,10). The molecule has 70 valence electrons. The Morgan fingerprint density at radius 1 is 1.36 bits per heavy atom. The van der Waals surface area contributed by atoms with Gasteiger partial charge in [-0.15, -0.1) is 0 Å². The zero-order valence-corrected chi connectivity index (χ0v) is 6.58. The second kappa shape index (κ2) is 2.43. The molecule has 0 aromatic carbocycles. The molecule has 2 N–H and O–H groups in total. The maximum atomic E-state index is 11.4. The van der Waals surface area contributed by atoms with Crippen molar-refractivity contribution in [3.63, 3.8) is 0 Å². The van der Waals surface area contributed by atoms with Crippen molar-refractivity contribution >= 4 is 9.63 Å². The van der Waals surface area contributed by atoms with Gasteiger partial charge in [-0.2, -0.15) is 13.2 Å². The highest BCUT2D eigenvalue weighted by Gasteiger charge is 2.33. The summed E-state index contributed by atoms with van der Waals surface area (Å²) in [5.74, 6) is -1.17. The molecular weight excluding hydrogens is 185 g/mol. The van der Waals surface area contributed by atoms with E-state index in [1.54, 1.807) is 0 Å². The predicted molar refractivity (Wildman–Crippen MR) is 34.9 cm³/mol. The predicted octanol–water partition coefficient (Wildman–Crippen LogP) is 1.33. The summed E-state index contributed by atoms with van der Waals surface area (Å²) in [6, 6.07) is 0. The van der Waals surface area contributed by atoms with Gasteiger partial charge in [0, 0.05) is 6.26 Å². The van der Waals surface area contributed by atoms with E-state index in [9.17, 15) is 17.4 Å². The lowest BCUT2D eigenvalue weighted by molar-refractivity contribution is -0.130. The summed E-state index contributed by atoms with van der Waals surface area (Å²) < 4.78 is 61.6. The van der Waals surface area contributed by atoms with Crippen molar-refractivity contribution in [3.8, 4) is 0 Å². The van der Waals surface area contributed by atoms with Crippen molar-refractivity contribution < 1.29 is 26.5 Å². The second-order valence-corrected chi connectivity index (χ2v) is 5.76. The van der Waals surface area contributed by atoms with Crippen LogP contribution in [0.15, 0.2) is 0 Å². The third-order valence-corrected chi connectivity index (χ3v) is 2.00. The molecule has 0 aliphatic carbocycles. The third-order valence-electron chi connectivity index (χ3n) is 0.856. The molecule has 0 amide bonds. The van der Waals surface area contributed by atoms with Gasteiger partial charge in [0.25, 0.3) is 0 Å². The third kappa shape index (κ3) is 9.86. The molecule has 3 nitrogen and oxygen atoms in total. The maximum Gasteiger partial charge on any atom is 0.390 e. The van der Waals surface area contributed by atoms with Gasteiger partial charge in [-0.1, -0.05) is 0 Å². The molecule has 0 aliphatic rings. The molecule has 0 aromatic heterocycles. The minimum Gasteiger partial charge on any atom is -0.308 e. The van der Waals surface area contributed by atoms with Crippen LogP contribution in [-0.4, -0.2) is 31.5 Å². The molecule has 0 fully saturated rings. The van der Waals surface area contributed by atoms with Crippen molar-refractivity contribution in [2.75, 3.05) is 12.0 Å². The Balaban J connectivity index is 4.03. The van der Waals surface area contributed by atoms with Crippen LogP contribution in [0.3, 0.4) is 0 Å². The van der Waals surface area contributed by atoms with Gasteiger partial charge < -0.3 is 9.11 Å². The van der Waals surface area contributed by atoms with Gasteiger partial charge in [-0.05, 0) is 0 Å². The summed E-state index contributed by atoms with van der Waals surface area (Å²) in [6.45, 7) is 0. The summed E-state index contributed by atoms with van der Waals surface area (Å²) in [4.78, 5) is 0. The van der Waals surface area contributed by atoms with E-state index in [-0.39, 0.29) is 0 Å². The fourth-order valence-corrected chi connectivity index (χ4v) is 1.05. The van der Waals surface area contributed by atoms with Gasteiger partial charge in [-0.25, -0.2) is 4.21 Å². The highest BCUT2D eigenvalue weighted by atomic mass is 32.3. The monoisotopic (exact) mass is 194 g/mol. The van der Waals surface area contributed by atoms with E-state index < -0.39 is 28.0 Å². The van der Waals surface area contributed by atoms with E-state index >= 15 is 0 Å². The molecule has 0 atom stereocenters. The van der Waals surface area contributed by atoms with Gasteiger partial charge in [-0.3, -0.25) is 0 Å². The Bertz CT molecular complexity index is 192. The lowest BCUT2D eigenvalue weighted by Crippen LogP contribution is -2.35. The Labute approximate surface area is 61.6 Å². The Morgan fingerprint density at radius 2 is 1.73 bits per heavy atom. The molecule has 0 radical (unpaired) electrons. The molecule has 0 bridgehead atoms. The van der Waals surface area contributed by atoms with Crippen molar-refractivity contribution in [2.45, 2.75) is 12.6 Å². The van der Waals surface area contributed by atoms with E-state index in [2.05, 4.69) is 0 Å². The van der Waals surface area contributed by atoms with E-state index in [1.807, 2.05) is 0 Å². The van der Waals surface area contributed by atoms with E-state index in [0.717, 1.165) is 0 Å². The van der Waals surface area contributed by atoms with E-state index in [0.29, 0.717) is 6.26 Å². The van der Waals surface area contributed by atoms with Gasteiger partial charge >= 0.3 is 6.18 Å². The van der Waals surface area contributed by atoms with Crippen LogP contribution >= 0.6 is 0 Å². The number of hydrogen-bond donors (Lipinski definition) is 2. The van der Waals surface area contributed by atoms with Crippen LogP contribution in [0.1, 0.15) is 6.42 Å². The molecule has 11 heavy (non-hydrogen) atoms. The maximum absolute atomic E-state index is 11.4. The van der Waals surface area contributed by atoms with Crippen molar-refractivity contribution in [3.05, 3.63) is 0 Å². The van der Waals surface area contributed by atoms with Crippen molar-refractivity contribution in [1.29, 1.82) is 0 Å². The lowest BCUT2D eigenvalue weighted by atomic mass is 10.5. The Hall–Kier alpha value is -0.140. The largest absolute Gasteiger partial charge is 0.390 e. The van der Waals surface area contributed by atoms with Crippen molar-refractivity contribution in [2.24, 2.45) is 0 Å². The molecule has 0 aromatic rings. The van der Waals surface area contributed by atoms with Crippen LogP contribution in [-0.2, 0) is 9.63 Å². The molecule has 0 rings (SSSR count). The number of halogens is 3. The minimum absolute atomic E-state index is 0.489. The number of hydrogen-bond acceptors (Lipinski definition) is 1. The Kier molecular flexibility index (Phi) is 2.40. The average molecular weight is 194 g/mol. The van der Waals surface area contributed by atoms with Gasteiger partial charge in [0.1, 0.15) is 0 Å². The zero-order chi connectivity index (χ0) is 9.36. The fourth-order valence-electron chi connectivity index (χ4n) is 0.351. The molecule has 0 saturated carbocycles. The number of rotatable bonds is 2. The molecule has 0 saturated heterocycles. The topological polar surface area (TPSA) is 57.5 Å². The smallest absolute Gasteiger partial charge is 0.308 e. The molecule has 7 heteroatoms. The molecule has 0 spiro atoms. The first kappa shape index (κ1) is 10.9. The average Bonchev–Trinajstić information content (AvgIpc) is 1.55. The van der Waals surface area contributed by atoms with E-state index in [1.165, 1.54) is 0 Å². The van der Waals surface area contributed by atoms with Crippen LogP contribution in [0.5, 0.6) is 0 Å². The highest BCUT2D eigenvalue weighted by molar-refractivity contribution is 8.09. The number of alkyl halides is 3. The molecular formula is C4H9F3O3S.